The summed E-state index contributed by atoms with van der Waals surface area (Å²) in [5.74, 6) is -0.133. The van der Waals surface area contributed by atoms with Crippen LogP contribution in [0, 0.1) is 17.2 Å². The molecule has 2 aliphatic rings. The van der Waals surface area contributed by atoms with Crippen LogP contribution >= 0.6 is 0 Å². The number of hydrogen-bond acceptors (Lipinski definition) is 5. The van der Waals surface area contributed by atoms with Crippen molar-refractivity contribution >= 4 is 15.9 Å². The maximum absolute atomic E-state index is 12.9. The molecule has 7 nitrogen and oxygen atoms in total. The first-order valence-corrected chi connectivity index (χ1v) is 12.0. The van der Waals surface area contributed by atoms with Crippen LogP contribution in [0.1, 0.15) is 44.1 Å². The lowest BCUT2D eigenvalue weighted by Crippen LogP contribution is -2.44. The van der Waals surface area contributed by atoms with Crippen molar-refractivity contribution in [3.8, 4) is 6.07 Å². The first kappa shape index (κ1) is 21.8. The van der Waals surface area contributed by atoms with E-state index in [1.54, 1.807) is 12.1 Å². The Hall–Kier alpha value is -1.95. The van der Waals surface area contributed by atoms with Gasteiger partial charge in [0.25, 0.3) is 0 Å². The van der Waals surface area contributed by atoms with Gasteiger partial charge >= 0.3 is 0 Å². The van der Waals surface area contributed by atoms with Crippen molar-refractivity contribution in [2.24, 2.45) is 5.92 Å². The van der Waals surface area contributed by atoms with E-state index >= 15 is 0 Å². The number of benzene rings is 1. The van der Waals surface area contributed by atoms with Crippen LogP contribution in [0.15, 0.2) is 29.2 Å². The van der Waals surface area contributed by atoms with E-state index in [9.17, 15) is 18.5 Å². The summed E-state index contributed by atoms with van der Waals surface area (Å²) in [6.45, 7) is 4.34. The summed E-state index contributed by atoms with van der Waals surface area (Å²) in [6.07, 6.45) is 6.06. The second-order valence-corrected chi connectivity index (χ2v) is 9.74. The van der Waals surface area contributed by atoms with Gasteiger partial charge in [0, 0.05) is 32.1 Å². The summed E-state index contributed by atoms with van der Waals surface area (Å²) in [5, 5.41) is 12.2. The maximum atomic E-state index is 12.9. The quantitative estimate of drug-likeness (QED) is 0.762. The molecule has 0 radical (unpaired) electrons. The largest absolute Gasteiger partial charge is 0.355 e. The van der Waals surface area contributed by atoms with E-state index in [-0.39, 0.29) is 22.3 Å². The lowest BCUT2D eigenvalue weighted by molar-refractivity contribution is -0.126. The van der Waals surface area contributed by atoms with Gasteiger partial charge in [0.2, 0.25) is 15.9 Å². The molecule has 2 heterocycles. The fourth-order valence-electron chi connectivity index (χ4n) is 4.12. The summed E-state index contributed by atoms with van der Waals surface area (Å²) in [4.78, 5) is 14.9. The predicted molar refractivity (Wildman–Crippen MR) is 111 cm³/mol. The van der Waals surface area contributed by atoms with Crippen molar-refractivity contribution in [2.45, 2.75) is 43.4 Å². The second kappa shape index (κ2) is 10.2. The Bertz CT molecular complexity index is 834. The van der Waals surface area contributed by atoms with Gasteiger partial charge in [0.1, 0.15) is 6.07 Å². The number of nitrogens with one attached hydrogen (secondary N) is 1. The smallest absolute Gasteiger partial charge is 0.244 e. The molecule has 1 aromatic carbocycles. The highest BCUT2D eigenvalue weighted by molar-refractivity contribution is 7.89. The number of likely N-dealkylation sites (tertiary alicyclic amines) is 1. The Morgan fingerprint density at radius 2 is 1.72 bits per heavy atom. The minimum atomic E-state index is -3.72. The molecule has 0 bridgehead atoms. The first-order chi connectivity index (χ1) is 14.0. The molecular weight excluding hydrogens is 388 g/mol. The molecule has 0 saturated carbocycles. The molecule has 2 aliphatic heterocycles. The highest BCUT2D eigenvalue weighted by Gasteiger charge is 2.33. The summed E-state index contributed by atoms with van der Waals surface area (Å²) >= 11 is 0. The number of rotatable bonds is 6. The van der Waals surface area contributed by atoms with E-state index in [1.807, 2.05) is 6.07 Å². The fourth-order valence-corrected chi connectivity index (χ4v) is 5.73. The topological polar surface area (TPSA) is 93.5 Å². The van der Waals surface area contributed by atoms with Gasteiger partial charge in [-0.3, -0.25) is 4.79 Å². The second-order valence-electron chi connectivity index (χ2n) is 7.83. The van der Waals surface area contributed by atoms with Gasteiger partial charge in [-0.25, -0.2) is 8.42 Å². The van der Waals surface area contributed by atoms with E-state index in [0.717, 1.165) is 19.6 Å². The van der Waals surface area contributed by atoms with Gasteiger partial charge in [-0.05, 0) is 50.9 Å². The molecule has 0 atom stereocenters. The van der Waals surface area contributed by atoms with Crippen LogP contribution in [0.25, 0.3) is 0 Å². The molecule has 2 fully saturated rings. The molecule has 1 aromatic rings. The van der Waals surface area contributed by atoms with Crippen LogP contribution in [-0.2, 0) is 14.8 Å². The standard InChI is InChI=1S/C21H30N4O3S/c22-17-19-7-3-4-8-20(19)29(27,28)25-14-9-18(10-15-25)21(26)23-11-16-24-12-5-1-2-6-13-24/h3-4,7-8,18H,1-2,5-6,9-16H2,(H,23,26). The molecule has 3 rings (SSSR count). The summed E-state index contributed by atoms with van der Waals surface area (Å²) < 4.78 is 27.2. The number of sulfonamides is 1. The zero-order chi connectivity index (χ0) is 20.7. The third-order valence-electron chi connectivity index (χ3n) is 5.88. The molecule has 29 heavy (non-hydrogen) atoms. The first-order valence-electron chi connectivity index (χ1n) is 10.5. The molecule has 2 saturated heterocycles. The molecule has 0 spiro atoms. The zero-order valence-electron chi connectivity index (χ0n) is 16.8. The lowest BCUT2D eigenvalue weighted by Gasteiger charge is -2.31. The van der Waals surface area contributed by atoms with Gasteiger partial charge in [0.15, 0.2) is 0 Å². The Kier molecular flexibility index (Phi) is 7.64. The predicted octanol–water partition coefficient (Wildman–Crippen LogP) is 1.95. The number of hydrogen-bond donors (Lipinski definition) is 1. The summed E-state index contributed by atoms with van der Waals surface area (Å²) in [5.41, 5.74) is 0.154. The highest BCUT2D eigenvalue weighted by atomic mass is 32.2. The normalized spacial score (nSPS) is 20.0. The molecule has 1 N–H and O–H groups in total. The van der Waals surface area contributed by atoms with Gasteiger partial charge in [-0.1, -0.05) is 25.0 Å². The summed E-state index contributed by atoms with van der Waals surface area (Å²) in [7, 11) is -3.72. The van der Waals surface area contributed by atoms with E-state index in [1.165, 1.54) is 42.1 Å². The lowest BCUT2D eigenvalue weighted by atomic mass is 9.97. The summed E-state index contributed by atoms with van der Waals surface area (Å²) in [6, 6.07) is 8.20. The van der Waals surface area contributed by atoms with Gasteiger partial charge in [-0.2, -0.15) is 9.57 Å². The van der Waals surface area contributed by atoms with Crippen molar-refractivity contribution in [3.05, 3.63) is 29.8 Å². The monoisotopic (exact) mass is 418 g/mol. The van der Waals surface area contributed by atoms with Gasteiger partial charge in [-0.15, -0.1) is 0 Å². The Labute approximate surface area is 173 Å². The number of carbonyl (C=O) groups is 1. The molecule has 0 aliphatic carbocycles. The molecule has 8 heteroatoms. The molecule has 1 amide bonds. The minimum absolute atomic E-state index is 0.0225. The number of nitriles is 1. The van der Waals surface area contributed by atoms with Crippen LogP contribution in [0.4, 0.5) is 0 Å². The zero-order valence-corrected chi connectivity index (χ0v) is 17.7. The minimum Gasteiger partial charge on any atom is -0.355 e. The van der Waals surface area contributed by atoms with Crippen LogP contribution in [0.2, 0.25) is 0 Å². The van der Waals surface area contributed by atoms with E-state index in [2.05, 4.69) is 10.2 Å². The van der Waals surface area contributed by atoms with E-state index in [0.29, 0.717) is 32.5 Å². The SMILES string of the molecule is N#Cc1ccccc1S(=O)(=O)N1CCC(C(=O)NCCN2CCCCCC2)CC1. The van der Waals surface area contributed by atoms with Crippen LogP contribution in [-0.4, -0.2) is 62.8 Å². The van der Waals surface area contributed by atoms with Crippen LogP contribution < -0.4 is 5.32 Å². The van der Waals surface area contributed by atoms with Crippen molar-refractivity contribution < 1.29 is 13.2 Å². The fraction of sp³-hybridized carbons (Fsp3) is 0.619. The van der Waals surface area contributed by atoms with Crippen molar-refractivity contribution in [2.75, 3.05) is 39.3 Å². The van der Waals surface area contributed by atoms with Crippen LogP contribution in [0.5, 0.6) is 0 Å². The Morgan fingerprint density at radius 1 is 1.07 bits per heavy atom. The van der Waals surface area contributed by atoms with E-state index < -0.39 is 10.0 Å². The Balaban J connectivity index is 1.48. The number of piperidine rings is 1. The number of carbonyl (C=O) groups excluding carboxylic acids is 1. The molecule has 0 unspecified atom stereocenters. The average molecular weight is 419 g/mol. The van der Waals surface area contributed by atoms with Gasteiger partial charge in [0.05, 0.1) is 10.5 Å². The molecular formula is C21H30N4O3S. The van der Waals surface area contributed by atoms with Gasteiger partial charge < -0.3 is 10.2 Å². The third kappa shape index (κ3) is 5.56. The highest BCUT2D eigenvalue weighted by Crippen LogP contribution is 2.25. The van der Waals surface area contributed by atoms with Crippen LogP contribution in [0.3, 0.4) is 0 Å². The number of amides is 1. The molecule has 158 valence electrons. The Morgan fingerprint density at radius 3 is 2.38 bits per heavy atom. The van der Waals surface area contributed by atoms with Crippen molar-refractivity contribution in [1.29, 1.82) is 5.26 Å². The van der Waals surface area contributed by atoms with Crippen molar-refractivity contribution in [1.82, 2.24) is 14.5 Å². The molecule has 0 aromatic heterocycles. The average Bonchev–Trinajstić information content (AvgIpc) is 3.02. The third-order valence-corrected chi connectivity index (χ3v) is 7.83. The van der Waals surface area contributed by atoms with Crippen molar-refractivity contribution in [3.63, 3.8) is 0 Å². The van der Waals surface area contributed by atoms with E-state index in [4.69, 9.17) is 0 Å². The maximum Gasteiger partial charge on any atom is 0.244 e. The number of nitrogens with zero attached hydrogens (tertiary/aromatic N) is 3.